The number of fused-ring (bicyclic) bond motifs is 1. The van der Waals surface area contributed by atoms with Crippen LogP contribution in [0, 0.1) is 0 Å². The second kappa shape index (κ2) is 10.4. The number of carbonyl (C=O) groups is 1. The van der Waals surface area contributed by atoms with E-state index in [1.54, 1.807) is 4.57 Å². The van der Waals surface area contributed by atoms with E-state index < -0.39 is 0 Å². The minimum absolute atomic E-state index is 0.0344. The Kier molecular flexibility index (Phi) is 7.69. The zero-order chi connectivity index (χ0) is 21.5. The highest BCUT2D eigenvalue weighted by Crippen LogP contribution is 2.25. The first kappa shape index (κ1) is 22.1. The van der Waals surface area contributed by atoms with Gasteiger partial charge in [0.2, 0.25) is 5.91 Å². The Morgan fingerprint density at radius 2 is 1.80 bits per heavy atom. The third-order valence-corrected chi connectivity index (χ3v) is 6.18. The molecular weight excluding hydrogens is 394 g/mol. The molecule has 5 nitrogen and oxygen atoms in total. The van der Waals surface area contributed by atoms with Crippen LogP contribution in [0.5, 0.6) is 0 Å². The van der Waals surface area contributed by atoms with Crippen LogP contribution in [0.1, 0.15) is 39.2 Å². The van der Waals surface area contributed by atoms with Crippen LogP contribution in [-0.4, -0.2) is 32.2 Å². The van der Waals surface area contributed by atoms with Gasteiger partial charge in [-0.2, -0.15) is 0 Å². The molecule has 0 spiro atoms. The third-order valence-electron chi connectivity index (χ3n) is 5.10. The van der Waals surface area contributed by atoms with E-state index in [1.165, 1.54) is 11.8 Å². The lowest BCUT2D eigenvalue weighted by atomic mass is 10.2. The van der Waals surface area contributed by atoms with E-state index in [-0.39, 0.29) is 16.7 Å². The van der Waals surface area contributed by atoms with Crippen molar-refractivity contribution in [2.75, 3.05) is 6.54 Å². The van der Waals surface area contributed by atoms with Gasteiger partial charge >= 0.3 is 0 Å². The molecule has 0 fully saturated rings. The minimum atomic E-state index is -0.338. The first-order valence-electron chi connectivity index (χ1n) is 10.5. The monoisotopic (exact) mass is 423 g/mol. The number of unbranched alkanes of at least 4 members (excludes halogenated alkanes) is 1. The van der Waals surface area contributed by atoms with Crippen molar-refractivity contribution >= 4 is 28.6 Å². The lowest BCUT2D eigenvalue weighted by Gasteiger charge is -2.25. The SMILES string of the molecule is CCCCn1c(SC(C)C(=O)N(CC)Cc2ccccc2)nc2ccccc2c1=O. The van der Waals surface area contributed by atoms with Gasteiger partial charge in [-0.1, -0.05) is 67.6 Å². The molecule has 3 aromatic rings. The summed E-state index contributed by atoms with van der Waals surface area (Å²) in [5.41, 5.74) is 1.75. The molecule has 0 aliphatic rings. The Bertz CT molecular complexity index is 1050. The molecule has 158 valence electrons. The van der Waals surface area contributed by atoms with E-state index in [0.717, 1.165) is 18.4 Å². The lowest BCUT2D eigenvalue weighted by Crippen LogP contribution is -2.36. The molecular formula is C24H29N3O2S. The summed E-state index contributed by atoms with van der Waals surface area (Å²) in [5.74, 6) is 0.0517. The van der Waals surface area contributed by atoms with Gasteiger partial charge in [-0.15, -0.1) is 0 Å². The number of para-hydroxylation sites is 1. The highest BCUT2D eigenvalue weighted by atomic mass is 32.2. The van der Waals surface area contributed by atoms with Crippen molar-refractivity contribution in [3.05, 3.63) is 70.5 Å². The van der Waals surface area contributed by atoms with Crippen molar-refractivity contribution < 1.29 is 4.79 Å². The molecule has 0 radical (unpaired) electrons. The average Bonchev–Trinajstić information content (AvgIpc) is 2.77. The quantitative estimate of drug-likeness (QED) is 0.369. The van der Waals surface area contributed by atoms with Gasteiger partial charge in [0.05, 0.1) is 16.2 Å². The summed E-state index contributed by atoms with van der Waals surface area (Å²) < 4.78 is 1.73. The van der Waals surface area contributed by atoms with Crippen LogP contribution in [0.2, 0.25) is 0 Å². The van der Waals surface area contributed by atoms with Gasteiger partial charge in [-0.3, -0.25) is 14.2 Å². The van der Waals surface area contributed by atoms with Gasteiger partial charge in [0, 0.05) is 19.6 Å². The van der Waals surface area contributed by atoms with Crippen molar-refractivity contribution in [3.8, 4) is 0 Å². The molecule has 0 aliphatic carbocycles. The summed E-state index contributed by atoms with van der Waals surface area (Å²) in [6, 6.07) is 17.4. The van der Waals surface area contributed by atoms with Crippen molar-refractivity contribution in [2.24, 2.45) is 0 Å². The normalized spacial score (nSPS) is 12.1. The van der Waals surface area contributed by atoms with Crippen LogP contribution < -0.4 is 5.56 Å². The van der Waals surface area contributed by atoms with Gasteiger partial charge in [0.25, 0.3) is 5.56 Å². The number of nitrogens with zero attached hydrogens (tertiary/aromatic N) is 3. The molecule has 6 heteroatoms. The second-order valence-electron chi connectivity index (χ2n) is 7.32. The summed E-state index contributed by atoms with van der Waals surface area (Å²) in [4.78, 5) is 32.8. The van der Waals surface area contributed by atoms with Crippen LogP contribution in [0.4, 0.5) is 0 Å². The number of rotatable bonds is 9. The predicted molar refractivity (Wildman–Crippen MR) is 124 cm³/mol. The van der Waals surface area contributed by atoms with E-state index >= 15 is 0 Å². The molecule has 1 amide bonds. The molecule has 2 aromatic carbocycles. The van der Waals surface area contributed by atoms with Crippen LogP contribution in [0.25, 0.3) is 10.9 Å². The van der Waals surface area contributed by atoms with Crippen LogP contribution >= 0.6 is 11.8 Å². The molecule has 1 aromatic heterocycles. The Morgan fingerprint density at radius 1 is 1.10 bits per heavy atom. The third kappa shape index (κ3) is 5.11. The number of thioether (sulfide) groups is 1. The highest BCUT2D eigenvalue weighted by Gasteiger charge is 2.23. The standard InChI is InChI=1S/C24H29N3O2S/c1-4-6-16-27-23(29)20-14-10-11-15-21(20)25-24(27)30-18(3)22(28)26(5-2)17-19-12-8-7-9-13-19/h7-15,18H,4-6,16-17H2,1-3H3. The maximum Gasteiger partial charge on any atom is 0.262 e. The van der Waals surface area contributed by atoms with Crippen LogP contribution in [0.15, 0.2) is 64.5 Å². The van der Waals surface area contributed by atoms with E-state index in [9.17, 15) is 9.59 Å². The molecule has 1 heterocycles. The number of aromatic nitrogens is 2. The maximum atomic E-state index is 13.1. The average molecular weight is 424 g/mol. The predicted octanol–water partition coefficient (Wildman–Crippen LogP) is 4.73. The first-order chi connectivity index (χ1) is 14.5. The Hall–Kier alpha value is -2.60. The fourth-order valence-corrected chi connectivity index (χ4v) is 4.38. The number of carbonyl (C=O) groups excluding carboxylic acids is 1. The van der Waals surface area contributed by atoms with E-state index in [4.69, 9.17) is 4.98 Å². The minimum Gasteiger partial charge on any atom is -0.338 e. The topological polar surface area (TPSA) is 55.2 Å². The second-order valence-corrected chi connectivity index (χ2v) is 8.63. The number of hydrogen-bond donors (Lipinski definition) is 0. The maximum absolute atomic E-state index is 13.1. The lowest BCUT2D eigenvalue weighted by molar-refractivity contribution is -0.130. The Labute approximate surface area is 182 Å². The zero-order valence-electron chi connectivity index (χ0n) is 17.9. The van der Waals surface area contributed by atoms with Gasteiger partial charge < -0.3 is 4.90 Å². The fraction of sp³-hybridized carbons (Fsp3) is 0.375. The molecule has 1 atom stereocenters. The molecule has 30 heavy (non-hydrogen) atoms. The molecule has 0 bridgehead atoms. The molecule has 0 saturated heterocycles. The first-order valence-corrected chi connectivity index (χ1v) is 11.4. The molecule has 1 unspecified atom stereocenters. The Morgan fingerprint density at radius 3 is 2.50 bits per heavy atom. The summed E-state index contributed by atoms with van der Waals surface area (Å²) in [6.45, 7) is 7.80. The summed E-state index contributed by atoms with van der Waals surface area (Å²) >= 11 is 1.37. The molecule has 0 saturated carbocycles. The smallest absolute Gasteiger partial charge is 0.262 e. The summed E-state index contributed by atoms with van der Waals surface area (Å²) in [5, 5.41) is 0.898. The van der Waals surface area contributed by atoms with Crippen molar-refractivity contribution in [1.82, 2.24) is 14.5 Å². The number of amides is 1. The summed E-state index contributed by atoms with van der Waals surface area (Å²) in [7, 11) is 0. The van der Waals surface area contributed by atoms with E-state index in [1.807, 2.05) is 73.3 Å². The van der Waals surface area contributed by atoms with Crippen LogP contribution in [0.3, 0.4) is 0 Å². The Balaban J connectivity index is 1.86. The van der Waals surface area contributed by atoms with E-state index in [2.05, 4.69) is 6.92 Å². The van der Waals surface area contributed by atoms with Crippen molar-refractivity contribution in [3.63, 3.8) is 0 Å². The number of benzene rings is 2. The zero-order valence-corrected chi connectivity index (χ0v) is 18.7. The van der Waals surface area contributed by atoms with E-state index in [0.29, 0.717) is 35.7 Å². The molecule has 0 N–H and O–H groups in total. The van der Waals surface area contributed by atoms with Gasteiger partial charge in [0.15, 0.2) is 5.16 Å². The molecule has 3 rings (SSSR count). The van der Waals surface area contributed by atoms with Gasteiger partial charge in [-0.25, -0.2) is 4.98 Å². The van der Waals surface area contributed by atoms with Gasteiger partial charge in [0.1, 0.15) is 0 Å². The largest absolute Gasteiger partial charge is 0.338 e. The van der Waals surface area contributed by atoms with Gasteiger partial charge in [-0.05, 0) is 38.0 Å². The van der Waals surface area contributed by atoms with Crippen LogP contribution in [-0.2, 0) is 17.9 Å². The number of hydrogen-bond acceptors (Lipinski definition) is 4. The highest BCUT2D eigenvalue weighted by molar-refractivity contribution is 8.00. The fourth-order valence-electron chi connectivity index (χ4n) is 3.37. The van der Waals surface area contributed by atoms with Crippen molar-refractivity contribution in [2.45, 2.75) is 57.1 Å². The van der Waals surface area contributed by atoms with Crippen molar-refractivity contribution in [1.29, 1.82) is 0 Å². The molecule has 0 aliphatic heterocycles. The summed E-state index contributed by atoms with van der Waals surface area (Å²) in [6.07, 6.45) is 1.88.